The van der Waals surface area contributed by atoms with Crippen LogP contribution in [0.1, 0.15) is 58.7 Å². The largest absolute Gasteiger partial charge is 0.493 e. The summed E-state index contributed by atoms with van der Waals surface area (Å²) in [5.41, 5.74) is 6.01. The molecule has 1 amide bonds. The van der Waals surface area contributed by atoms with Crippen molar-refractivity contribution in [1.29, 1.82) is 0 Å². The molecule has 0 aliphatic carbocycles. The average Bonchev–Trinajstić information content (AvgIpc) is 3.18. The van der Waals surface area contributed by atoms with Crippen molar-refractivity contribution in [3.05, 3.63) is 94.8 Å². The van der Waals surface area contributed by atoms with Crippen LogP contribution in [0.15, 0.2) is 66.7 Å². The molecular weight excluding hydrogens is 422 g/mol. The number of aromatic nitrogens is 2. The van der Waals surface area contributed by atoms with Crippen LogP contribution in [0.4, 0.5) is 0 Å². The first-order valence-corrected chi connectivity index (χ1v) is 12.0. The van der Waals surface area contributed by atoms with Crippen LogP contribution in [-0.4, -0.2) is 22.1 Å². The number of hydrogen-bond donors (Lipinski definition) is 1. The van der Waals surface area contributed by atoms with E-state index in [9.17, 15) is 4.79 Å². The smallest absolute Gasteiger partial charge is 0.252 e. The lowest BCUT2D eigenvalue weighted by molar-refractivity contribution is 0.0937. The van der Waals surface area contributed by atoms with E-state index in [2.05, 4.69) is 28.9 Å². The van der Waals surface area contributed by atoms with Crippen LogP contribution in [0.25, 0.3) is 11.0 Å². The second-order valence-corrected chi connectivity index (χ2v) is 8.94. The summed E-state index contributed by atoms with van der Waals surface area (Å²) in [5.74, 6) is 1.74. The third kappa shape index (κ3) is 5.30. The van der Waals surface area contributed by atoms with Gasteiger partial charge in [-0.3, -0.25) is 4.79 Å². The Kier molecular flexibility index (Phi) is 7.31. The van der Waals surface area contributed by atoms with Gasteiger partial charge >= 0.3 is 0 Å². The number of ether oxygens (including phenoxy) is 1. The highest BCUT2D eigenvalue weighted by atomic mass is 16.5. The molecule has 1 unspecified atom stereocenters. The first-order chi connectivity index (χ1) is 16.4. The van der Waals surface area contributed by atoms with E-state index >= 15 is 0 Å². The lowest BCUT2D eigenvalue weighted by Crippen LogP contribution is -2.29. The zero-order valence-corrected chi connectivity index (χ0v) is 20.5. The average molecular weight is 456 g/mol. The van der Waals surface area contributed by atoms with Gasteiger partial charge in [0.2, 0.25) is 0 Å². The van der Waals surface area contributed by atoms with Gasteiger partial charge in [0.25, 0.3) is 5.91 Å². The fourth-order valence-corrected chi connectivity index (χ4v) is 4.34. The van der Waals surface area contributed by atoms with E-state index in [1.54, 1.807) is 0 Å². The molecule has 0 saturated carbocycles. The summed E-state index contributed by atoms with van der Waals surface area (Å²) < 4.78 is 8.19. The molecule has 0 bridgehead atoms. The van der Waals surface area contributed by atoms with Gasteiger partial charge in [-0.1, -0.05) is 48.0 Å². The van der Waals surface area contributed by atoms with Gasteiger partial charge in [0.1, 0.15) is 11.6 Å². The molecule has 4 rings (SSSR count). The van der Waals surface area contributed by atoms with Gasteiger partial charge in [0.05, 0.1) is 23.7 Å². The molecule has 1 aromatic heterocycles. The number of aryl methyl sites for hydroxylation is 4. The van der Waals surface area contributed by atoms with Gasteiger partial charge in [-0.25, -0.2) is 4.98 Å². The molecular formula is C29H33N3O2. The summed E-state index contributed by atoms with van der Waals surface area (Å²) in [5, 5.41) is 3.16. The predicted octanol–water partition coefficient (Wildman–Crippen LogP) is 6.31. The predicted molar refractivity (Wildman–Crippen MR) is 137 cm³/mol. The third-order valence-electron chi connectivity index (χ3n) is 6.17. The highest BCUT2D eigenvalue weighted by molar-refractivity contribution is 5.96. The molecule has 0 aliphatic rings. The molecule has 34 heavy (non-hydrogen) atoms. The van der Waals surface area contributed by atoms with Crippen LogP contribution in [-0.2, 0) is 6.54 Å². The monoisotopic (exact) mass is 455 g/mol. The maximum Gasteiger partial charge on any atom is 0.252 e. The maximum absolute atomic E-state index is 13.0. The van der Waals surface area contributed by atoms with Crippen molar-refractivity contribution in [3.8, 4) is 5.75 Å². The first-order valence-electron chi connectivity index (χ1n) is 12.0. The number of fused-ring (bicyclic) bond motifs is 1. The molecule has 4 aromatic rings. The SMILES string of the molecule is Cc1ccc(C(=O)NC(C)c2nc3ccccc3n2CCCCOc2ccccc2C)c(C)c1. The van der Waals surface area contributed by atoms with Crippen molar-refractivity contribution in [2.24, 2.45) is 0 Å². The summed E-state index contributed by atoms with van der Waals surface area (Å²) in [6.45, 7) is 9.56. The molecule has 1 N–H and O–H groups in total. The molecule has 0 aliphatic heterocycles. The number of para-hydroxylation sites is 3. The zero-order chi connectivity index (χ0) is 24.1. The fourth-order valence-electron chi connectivity index (χ4n) is 4.34. The molecule has 0 radical (unpaired) electrons. The molecule has 3 aromatic carbocycles. The standard InChI is InChI=1S/C29H33N3O2/c1-20-15-16-24(22(3)19-20)29(33)30-23(4)28-31-25-12-6-7-13-26(25)32(28)17-9-10-18-34-27-14-8-5-11-21(27)2/h5-8,11-16,19,23H,9-10,17-18H2,1-4H3,(H,30,33). The highest BCUT2D eigenvalue weighted by Gasteiger charge is 2.19. The minimum atomic E-state index is -0.219. The molecule has 0 spiro atoms. The Morgan fingerprint density at radius 3 is 2.53 bits per heavy atom. The van der Waals surface area contributed by atoms with Crippen LogP contribution >= 0.6 is 0 Å². The van der Waals surface area contributed by atoms with Crippen molar-refractivity contribution in [3.63, 3.8) is 0 Å². The molecule has 176 valence electrons. The molecule has 0 fully saturated rings. The van der Waals surface area contributed by atoms with Crippen molar-refractivity contribution >= 4 is 16.9 Å². The lowest BCUT2D eigenvalue weighted by atomic mass is 10.0. The van der Waals surface area contributed by atoms with Crippen LogP contribution in [0.3, 0.4) is 0 Å². The van der Waals surface area contributed by atoms with Crippen LogP contribution < -0.4 is 10.1 Å². The normalized spacial score (nSPS) is 12.0. The van der Waals surface area contributed by atoms with E-state index in [1.807, 2.05) is 75.4 Å². The second-order valence-electron chi connectivity index (χ2n) is 8.94. The summed E-state index contributed by atoms with van der Waals surface area (Å²) in [4.78, 5) is 17.9. The number of carbonyl (C=O) groups excluding carboxylic acids is 1. The Balaban J connectivity index is 1.45. The van der Waals surface area contributed by atoms with Crippen molar-refractivity contribution in [2.75, 3.05) is 6.61 Å². The van der Waals surface area contributed by atoms with Gasteiger partial charge in [-0.15, -0.1) is 0 Å². The molecule has 1 atom stereocenters. The van der Waals surface area contributed by atoms with Gasteiger partial charge in [-0.2, -0.15) is 0 Å². The van der Waals surface area contributed by atoms with Gasteiger partial charge in [-0.05, 0) is 75.9 Å². The topological polar surface area (TPSA) is 56.2 Å². The number of unbranched alkanes of at least 4 members (excludes halogenated alkanes) is 1. The lowest BCUT2D eigenvalue weighted by Gasteiger charge is -2.17. The Morgan fingerprint density at radius 1 is 0.971 bits per heavy atom. The molecule has 1 heterocycles. The van der Waals surface area contributed by atoms with E-state index in [0.29, 0.717) is 12.2 Å². The second kappa shape index (κ2) is 10.6. The van der Waals surface area contributed by atoms with E-state index < -0.39 is 0 Å². The molecule has 5 heteroatoms. The van der Waals surface area contributed by atoms with E-state index in [-0.39, 0.29) is 11.9 Å². The highest BCUT2D eigenvalue weighted by Crippen LogP contribution is 2.23. The number of rotatable bonds is 9. The number of nitrogens with zero attached hydrogens (tertiary/aromatic N) is 2. The van der Waals surface area contributed by atoms with E-state index in [1.165, 1.54) is 0 Å². The number of nitrogens with one attached hydrogen (secondary N) is 1. The van der Waals surface area contributed by atoms with Crippen molar-refractivity contribution < 1.29 is 9.53 Å². The van der Waals surface area contributed by atoms with Crippen LogP contribution in [0, 0.1) is 20.8 Å². The Bertz CT molecular complexity index is 1290. The van der Waals surface area contributed by atoms with Crippen molar-refractivity contribution in [2.45, 2.75) is 53.1 Å². The summed E-state index contributed by atoms with van der Waals surface area (Å²) in [6, 6.07) is 21.9. The number of benzene rings is 3. The minimum absolute atomic E-state index is 0.0739. The van der Waals surface area contributed by atoms with Crippen molar-refractivity contribution in [1.82, 2.24) is 14.9 Å². The zero-order valence-electron chi connectivity index (χ0n) is 20.5. The van der Waals surface area contributed by atoms with E-state index in [0.717, 1.165) is 58.7 Å². The van der Waals surface area contributed by atoms with Crippen LogP contribution in [0.2, 0.25) is 0 Å². The number of carbonyl (C=O) groups is 1. The minimum Gasteiger partial charge on any atom is -0.493 e. The Morgan fingerprint density at radius 2 is 1.74 bits per heavy atom. The van der Waals surface area contributed by atoms with Crippen LogP contribution in [0.5, 0.6) is 5.75 Å². The summed E-state index contributed by atoms with van der Waals surface area (Å²) in [6.07, 6.45) is 1.89. The summed E-state index contributed by atoms with van der Waals surface area (Å²) in [7, 11) is 0. The Labute approximate surface area is 201 Å². The maximum atomic E-state index is 13.0. The van der Waals surface area contributed by atoms with Gasteiger partial charge < -0.3 is 14.6 Å². The number of amides is 1. The van der Waals surface area contributed by atoms with Gasteiger partial charge in [0.15, 0.2) is 0 Å². The quantitative estimate of drug-likeness (QED) is 0.301. The number of hydrogen-bond acceptors (Lipinski definition) is 3. The first kappa shape index (κ1) is 23.6. The van der Waals surface area contributed by atoms with Gasteiger partial charge in [0, 0.05) is 12.1 Å². The summed E-state index contributed by atoms with van der Waals surface area (Å²) >= 11 is 0. The fraction of sp³-hybridized carbons (Fsp3) is 0.310. The Hall–Kier alpha value is -3.60. The molecule has 5 nitrogen and oxygen atoms in total. The third-order valence-corrected chi connectivity index (χ3v) is 6.17. The number of imidazole rings is 1. The van der Waals surface area contributed by atoms with E-state index in [4.69, 9.17) is 9.72 Å². The molecule has 0 saturated heterocycles.